The van der Waals surface area contributed by atoms with Gasteiger partial charge in [-0.05, 0) is 35.2 Å². The zero-order valence-electron chi connectivity index (χ0n) is 13.9. The van der Waals surface area contributed by atoms with Crippen molar-refractivity contribution in [1.82, 2.24) is 9.97 Å². The molecule has 0 spiro atoms. The van der Waals surface area contributed by atoms with Gasteiger partial charge in [-0.15, -0.1) is 11.3 Å². The molecule has 9 heteroatoms. The van der Waals surface area contributed by atoms with Crippen molar-refractivity contribution in [3.63, 3.8) is 0 Å². The second-order valence-electron chi connectivity index (χ2n) is 5.92. The minimum atomic E-state index is -1.11. The van der Waals surface area contributed by atoms with Crippen LogP contribution in [0.25, 0.3) is 0 Å². The first-order valence-corrected chi connectivity index (χ1v) is 8.95. The number of amides is 1. The van der Waals surface area contributed by atoms with Gasteiger partial charge < -0.3 is 21.1 Å². The number of thiophene rings is 1. The summed E-state index contributed by atoms with van der Waals surface area (Å²) >= 11 is 1.49. The minimum absolute atomic E-state index is 0.0480. The number of carbonyl (C=O) groups excluding carboxylic acids is 1. The van der Waals surface area contributed by atoms with E-state index in [1.54, 1.807) is 29.4 Å². The summed E-state index contributed by atoms with van der Waals surface area (Å²) in [5, 5.41) is 14.8. The molecule has 1 amide bonds. The summed E-state index contributed by atoms with van der Waals surface area (Å²) in [4.78, 5) is 35.1. The van der Waals surface area contributed by atoms with Crippen molar-refractivity contribution in [2.45, 2.75) is 12.2 Å². The molecule has 0 aliphatic carbocycles. The average molecular weight is 381 g/mol. The zero-order valence-corrected chi connectivity index (χ0v) is 14.8. The quantitative estimate of drug-likeness (QED) is 0.620. The number of carboxylic acid groups (broad SMARTS) is 1. The fourth-order valence-corrected chi connectivity index (χ4v) is 4.04. The van der Waals surface area contributed by atoms with E-state index in [1.807, 2.05) is 17.5 Å². The largest absolute Gasteiger partial charge is 0.478 e. The Balaban J connectivity index is 1.94. The first-order chi connectivity index (χ1) is 13.1. The van der Waals surface area contributed by atoms with E-state index in [4.69, 9.17) is 5.73 Å². The number of anilines is 2. The Morgan fingerprint density at radius 3 is 2.63 bits per heavy atom. The van der Waals surface area contributed by atoms with Gasteiger partial charge in [-0.2, -0.15) is 0 Å². The molecule has 1 aliphatic rings. The summed E-state index contributed by atoms with van der Waals surface area (Å²) in [6, 6.07) is 7.70. The second kappa shape index (κ2) is 6.69. The summed E-state index contributed by atoms with van der Waals surface area (Å²) in [5.74, 6) is -1.31. The first kappa shape index (κ1) is 17.0. The zero-order chi connectivity index (χ0) is 19.0. The molecular formula is C18H15N5O3S. The fourth-order valence-electron chi connectivity index (χ4n) is 3.26. The molecule has 1 aliphatic heterocycles. The topological polar surface area (TPSA) is 121 Å². The van der Waals surface area contributed by atoms with Crippen LogP contribution < -0.4 is 16.0 Å². The van der Waals surface area contributed by atoms with E-state index < -0.39 is 24.1 Å². The summed E-state index contributed by atoms with van der Waals surface area (Å²) in [5.41, 5.74) is 6.76. The van der Waals surface area contributed by atoms with Gasteiger partial charge >= 0.3 is 5.97 Å². The van der Waals surface area contributed by atoms with Crippen LogP contribution in [0.1, 0.15) is 33.0 Å². The van der Waals surface area contributed by atoms with Crippen LogP contribution in [-0.4, -0.2) is 27.0 Å². The molecule has 0 aromatic carbocycles. The highest BCUT2D eigenvalue weighted by Gasteiger charge is 2.42. The lowest BCUT2D eigenvalue weighted by Gasteiger charge is -2.33. The number of nitrogens with two attached hydrogens (primary N) is 1. The van der Waals surface area contributed by atoms with Gasteiger partial charge in [0.2, 0.25) is 5.91 Å². The Morgan fingerprint density at radius 2 is 2.00 bits per heavy atom. The lowest BCUT2D eigenvalue weighted by molar-refractivity contribution is -0.119. The molecule has 0 radical (unpaired) electrons. The molecule has 4 N–H and O–H groups in total. The van der Waals surface area contributed by atoms with E-state index in [0.717, 1.165) is 4.88 Å². The summed E-state index contributed by atoms with van der Waals surface area (Å²) < 4.78 is 0. The summed E-state index contributed by atoms with van der Waals surface area (Å²) in [7, 11) is 0. The summed E-state index contributed by atoms with van der Waals surface area (Å²) in [6.07, 6.45) is 4.09. The van der Waals surface area contributed by atoms with Crippen molar-refractivity contribution in [2.75, 3.05) is 10.2 Å². The molecule has 27 heavy (non-hydrogen) atoms. The molecule has 2 atom stereocenters. The predicted molar refractivity (Wildman–Crippen MR) is 101 cm³/mol. The Labute approximate surface area is 158 Å². The minimum Gasteiger partial charge on any atom is -0.478 e. The molecule has 0 bridgehead atoms. The highest BCUT2D eigenvalue weighted by Crippen LogP contribution is 2.47. The number of carboxylic acids is 1. The van der Waals surface area contributed by atoms with Crippen molar-refractivity contribution in [3.05, 3.63) is 70.3 Å². The van der Waals surface area contributed by atoms with Gasteiger partial charge in [0.05, 0.1) is 11.3 Å². The highest BCUT2D eigenvalue weighted by molar-refractivity contribution is 7.10. The molecule has 136 valence electrons. The fraction of sp³-hybridized carbons (Fsp3) is 0.111. The van der Waals surface area contributed by atoms with Crippen LogP contribution in [-0.2, 0) is 4.79 Å². The maximum atomic E-state index is 12.5. The van der Waals surface area contributed by atoms with Crippen LogP contribution in [0.15, 0.2) is 54.3 Å². The van der Waals surface area contributed by atoms with Crippen LogP contribution in [0.5, 0.6) is 0 Å². The second-order valence-corrected chi connectivity index (χ2v) is 6.90. The molecule has 2 unspecified atom stereocenters. The molecule has 4 heterocycles. The van der Waals surface area contributed by atoms with E-state index in [9.17, 15) is 14.7 Å². The first-order valence-electron chi connectivity index (χ1n) is 8.07. The lowest BCUT2D eigenvalue weighted by atomic mass is 10.0. The Hall–Kier alpha value is -3.46. The molecule has 0 fully saturated rings. The molecule has 0 saturated heterocycles. The molecule has 0 saturated carbocycles. The van der Waals surface area contributed by atoms with E-state index in [-0.39, 0.29) is 5.56 Å². The predicted octanol–water partition coefficient (Wildman–Crippen LogP) is 2.39. The van der Waals surface area contributed by atoms with Crippen molar-refractivity contribution < 1.29 is 14.7 Å². The normalized spacial score (nSPS) is 16.4. The maximum absolute atomic E-state index is 12.5. The lowest BCUT2D eigenvalue weighted by Crippen LogP contribution is -2.40. The van der Waals surface area contributed by atoms with Crippen molar-refractivity contribution in [1.29, 1.82) is 0 Å². The third kappa shape index (κ3) is 2.87. The maximum Gasteiger partial charge on any atom is 0.338 e. The van der Waals surface area contributed by atoms with Gasteiger partial charge in [-0.3, -0.25) is 9.78 Å². The molecule has 8 nitrogen and oxygen atoms in total. The smallest absolute Gasteiger partial charge is 0.338 e. The molecule has 4 rings (SSSR count). The Kier molecular flexibility index (Phi) is 4.21. The van der Waals surface area contributed by atoms with Crippen LogP contribution in [0.3, 0.4) is 0 Å². The number of nitrogens with zero attached hydrogens (tertiary/aromatic N) is 3. The Morgan fingerprint density at radius 1 is 1.22 bits per heavy atom. The monoisotopic (exact) mass is 381 g/mol. The number of pyridine rings is 2. The van der Waals surface area contributed by atoms with Gasteiger partial charge in [0.15, 0.2) is 5.82 Å². The van der Waals surface area contributed by atoms with E-state index in [1.165, 1.54) is 23.6 Å². The SMILES string of the molecule is NC(=O)C(c1ccncc1)N1c2c(C(=O)O)ccnc2NC1c1cccs1. The number of fused-ring (bicyclic) bond motifs is 1. The van der Waals surface area contributed by atoms with Gasteiger partial charge in [0.25, 0.3) is 0 Å². The van der Waals surface area contributed by atoms with Crippen LogP contribution in [0.4, 0.5) is 11.5 Å². The van der Waals surface area contributed by atoms with Crippen molar-refractivity contribution in [2.24, 2.45) is 5.73 Å². The average Bonchev–Trinajstić information content (AvgIpc) is 3.30. The van der Waals surface area contributed by atoms with E-state index >= 15 is 0 Å². The number of hydrogen-bond acceptors (Lipinski definition) is 7. The van der Waals surface area contributed by atoms with Gasteiger partial charge in [-0.25, -0.2) is 9.78 Å². The van der Waals surface area contributed by atoms with Crippen LogP contribution in [0, 0.1) is 0 Å². The van der Waals surface area contributed by atoms with Crippen LogP contribution >= 0.6 is 11.3 Å². The number of primary amides is 1. The van der Waals surface area contributed by atoms with Gasteiger partial charge in [0.1, 0.15) is 12.2 Å². The van der Waals surface area contributed by atoms with Crippen LogP contribution in [0.2, 0.25) is 0 Å². The third-order valence-electron chi connectivity index (χ3n) is 4.35. The van der Waals surface area contributed by atoms with E-state index in [2.05, 4.69) is 15.3 Å². The summed E-state index contributed by atoms with van der Waals surface area (Å²) in [6.45, 7) is 0. The Bertz CT molecular complexity index is 993. The number of nitrogens with one attached hydrogen (secondary N) is 1. The van der Waals surface area contributed by atoms with E-state index in [0.29, 0.717) is 17.1 Å². The number of aromatic carboxylic acids is 1. The molecule has 3 aromatic heterocycles. The number of carbonyl (C=O) groups is 2. The van der Waals surface area contributed by atoms with Crippen molar-refractivity contribution in [3.8, 4) is 0 Å². The molecular weight excluding hydrogens is 366 g/mol. The van der Waals surface area contributed by atoms with Gasteiger partial charge in [0, 0.05) is 23.5 Å². The van der Waals surface area contributed by atoms with Crippen molar-refractivity contribution >= 4 is 34.7 Å². The number of aromatic nitrogens is 2. The number of hydrogen-bond donors (Lipinski definition) is 3. The van der Waals surface area contributed by atoms with Gasteiger partial charge in [-0.1, -0.05) is 6.07 Å². The highest BCUT2D eigenvalue weighted by atomic mass is 32.1. The number of rotatable bonds is 5. The standard InChI is InChI=1S/C18H15N5O3S/c19-15(24)13(10-3-6-20-7-4-10)23-14-11(18(25)26)5-8-21-16(14)22-17(23)12-2-1-9-27-12/h1-9,13,17H,(H2,19,24)(H,21,22)(H,25,26). The molecule has 3 aromatic rings. The third-order valence-corrected chi connectivity index (χ3v) is 5.27.